The lowest BCUT2D eigenvalue weighted by molar-refractivity contribution is -0.324. The van der Waals surface area contributed by atoms with E-state index in [0.717, 1.165) is 25.7 Å². The van der Waals surface area contributed by atoms with E-state index in [1.165, 1.54) is 50.5 Å². The molecule has 6 nitrogen and oxygen atoms in total. The van der Waals surface area contributed by atoms with E-state index in [9.17, 15) is 9.59 Å². The number of hydrogen-bond donors (Lipinski definition) is 0. The minimum Gasteiger partial charge on any atom is -0.298 e. The van der Waals surface area contributed by atoms with Crippen molar-refractivity contribution in [1.82, 2.24) is 0 Å². The van der Waals surface area contributed by atoms with Crippen LogP contribution in [-0.4, -0.2) is 23.1 Å². The number of hydrogen-bond acceptors (Lipinski definition) is 6. The van der Waals surface area contributed by atoms with Crippen LogP contribution in [0.5, 0.6) is 0 Å². The Kier molecular flexibility index (Phi) is 14.8. The fraction of sp³-hybridized carbons (Fsp3) is 0.862. The molecule has 1 rings (SSSR count). The molecule has 0 fully saturated rings. The van der Waals surface area contributed by atoms with Gasteiger partial charge in [0.25, 0.3) is 0 Å². The van der Waals surface area contributed by atoms with E-state index >= 15 is 0 Å². The quantitative estimate of drug-likeness (QED) is 0.0928. The molecule has 0 saturated carbocycles. The average Bonchev–Trinajstić information content (AvgIpc) is 2.78. The summed E-state index contributed by atoms with van der Waals surface area (Å²) in [5.74, 6) is -0.839. The molecule has 0 aromatic heterocycles. The molecule has 204 valence electrons. The molecule has 2 unspecified atom stereocenters. The molecule has 6 heteroatoms. The Morgan fingerprint density at radius 3 is 2.14 bits per heavy atom. The highest BCUT2D eigenvalue weighted by Gasteiger charge is 2.31. The summed E-state index contributed by atoms with van der Waals surface area (Å²) in [6, 6.07) is 0. The van der Waals surface area contributed by atoms with Gasteiger partial charge < -0.3 is 0 Å². The van der Waals surface area contributed by atoms with E-state index in [1.54, 1.807) is 0 Å². The third kappa shape index (κ3) is 16.1. The zero-order valence-electron chi connectivity index (χ0n) is 23.6. The largest absolute Gasteiger partial charge is 0.345 e. The predicted molar refractivity (Wildman–Crippen MR) is 139 cm³/mol. The molecule has 35 heavy (non-hydrogen) atoms. The molecule has 2 atom stereocenters. The number of allylic oxidation sites excluding steroid dienone is 2. The van der Waals surface area contributed by atoms with Gasteiger partial charge >= 0.3 is 11.9 Å². The Bertz CT molecular complexity index is 641. The van der Waals surface area contributed by atoms with Crippen LogP contribution < -0.4 is 0 Å². The van der Waals surface area contributed by atoms with E-state index in [-0.39, 0.29) is 24.2 Å². The van der Waals surface area contributed by atoms with E-state index in [0.29, 0.717) is 12.8 Å². The maximum absolute atomic E-state index is 13.2. The van der Waals surface area contributed by atoms with E-state index < -0.39 is 17.2 Å². The van der Waals surface area contributed by atoms with Gasteiger partial charge in [-0.1, -0.05) is 44.3 Å². The Balaban J connectivity index is 2.85. The lowest BCUT2D eigenvalue weighted by atomic mass is 9.79. The first-order valence-electron chi connectivity index (χ1n) is 13.9. The van der Waals surface area contributed by atoms with Crippen LogP contribution in [0.25, 0.3) is 0 Å². The van der Waals surface area contributed by atoms with Gasteiger partial charge in [0.1, 0.15) is 11.2 Å². The van der Waals surface area contributed by atoms with Crippen LogP contribution in [0.15, 0.2) is 11.6 Å². The maximum Gasteiger partial charge on any atom is 0.345 e. The Hall–Kier alpha value is -1.40. The lowest BCUT2D eigenvalue weighted by Gasteiger charge is -2.27. The van der Waals surface area contributed by atoms with Crippen LogP contribution in [0.4, 0.5) is 0 Å². The summed E-state index contributed by atoms with van der Waals surface area (Å²) < 4.78 is 0. The van der Waals surface area contributed by atoms with Crippen molar-refractivity contribution in [3.63, 3.8) is 0 Å². The molecule has 0 saturated heterocycles. The topological polar surface area (TPSA) is 71.1 Å². The summed E-state index contributed by atoms with van der Waals surface area (Å²) in [5.41, 5.74) is 0.400. The van der Waals surface area contributed by atoms with Gasteiger partial charge in [0.05, 0.1) is 5.92 Å². The number of unbranched alkanes of at least 4 members (excludes halogenated alkanes) is 3. The third-order valence-electron chi connectivity index (χ3n) is 6.18. The van der Waals surface area contributed by atoms with Crippen molar-refractivity contribution in [2.45, 2.75) is 150 Å². The highest BCUT2D eigenvalue weighted by Crippen LogP contribution is 2.33. The van der Waals surface area contributed by atoms with Crippen molar-refractivity contribution in [3.05, 3.63) is 11.6 Å². The molecule has 0 aromatic rings. The van der Waals surface area contributed by atoms with E-state index in [1.807, 2.05) is 41.5 Å². The van der Waals surface area contributed by atoms with Crippen LogP contribution in [0, 0.1) is 11.8 Å². The van der Waals surface area contributed by atoms with Gasteiger partial charge in [0.15, 0.2) is 0 Å². The molecule has 1 aliphatic carbocycles. The standard InChI is InChI=1S/C29H52O6/c1-8-9-10-14-18-24(22-21-23-16-12-11-13-17-23)25(27(31)33-35-29(5,6)7)19-15-20-26(30)32-34-28(2,3)4/h16,24-25H,8-15,17-22H2,1-7H3. The summed E-state index contributed by atoms with van der Waals surface area (Å²) in [5, 5.41) is 0. The minimum atomic E-state index is -0.572. The van der Waals surface area contributed by atoms with E-state index in [4.69, 9.17) is 19.6 Å². The number of carbonyl (C=O) groups excluding carboxylic acids is 2. The van der Waals surface area contributed by atoms with Gasteiger partial charge in [-0.15, -0.1) is 0 Å². The SMILES string of the molecule is CCCCCCC(CCC1=CCCCC1)C(CCCC(=O)OOC(C)(C)C)C(=O)OOC(C)(C)C. The Labute approximate surface area is 214 Å². The zero-order valence-corrected chi connectivity index (χ0v) is 23.6. The first-order chi connectivity index (χ1) is 16.4. The van der Waals surface area contributed by atoms with E-state index in [2.05, 4.69) is 13.0 Å². The number of rotatable bonds is 16. The molecule has 1 aliphatic rings. The number of carbonyl (C=O) groups is 2. The summed E-state index contributed by atoms with van der Waals surface area (Å²) >= 11 is 0. The summed E-state index contributed by atoms with van der Waals surface area (Å²) in [6.07, 6.45) is 16.2. The zero-order chi connectivity index (χ0) is 26.3. The van der Waals surface area contributed by atoms with Gasteiger partial charge in [0.2, 0.25) is 0 Å². The van der Waals surface area contributed by atoms with Crippen molar-refractivity contribution < 1.29 is 29.1 Å². The molecule has 0 bridgehead atoms. The average molecular weight is 497 g/mol. The molecule has 0 radical (unpaired) electrons. The van der Waals surface area contributed by atoms with Crippen LogP contribution in [0.3, 0.4) is 0 Å². The molecule has 0 amide bonds. The highest BCUT2D eigenvalue weighted by molar-refractivity contribution is 5.72. The molecule has 0 N–H and O–H groups in total. The normalized spacial score (nSPS) is 16.4. The second-order valence-corrected chi connectivity index (χ2v) is 12.0. The fourth-order valence-electron chi connectivity index (χ4n) is 4.34. The fourth-order valence-corrected chi connectivity index (χ4v) is 4.34. The van der Waals surface area contributed by atoms with Gasteiger partial charge in [-0.2, -0.15) is 9.78 Å². The van der Waals surface area contributed by atoms with Crippen LogP contribution in [-0.2, 0) is 29.1 Å². The summed E-state index contributed by atoms with van der Waals surface area (Å²) in [6.45, 7) is 13.3. The van der Waals surface area contributed by atoms with Crippen LogP contribution >= 0.6 is 0 Å². The van der Waals surface area contributed by atoms with Gasteiger partial charge in [-0.3, -0.25) is 9.78 Å². The molecule has 0 aromatic carbocycles. The Morgan fingerprint density at radius 2 is 1.54 bits per heavy atom. The van der Waals surface area contributed by atoms with Crippen LogP contribution in [0.1, 0.15) is 138 Å². The first-order valence-corrected chi connectivity index (χ1v) is 13.9. The van der Waals surface area contributed by atoms with Gasteiger partial charge in [0, 0.05) is 6.42 Å². The van der Waals surface area contributed by atoms with Crippen LogP contribution in [0.2, 0.25) is 0 Å². The van der Waals surface area contributed by atoms with Crippen molar-refractivity contribution in [2.24, 2.45) is 11.8 Å². The molecule has 0 spiro atoms. The molecular formula is C29H52O6. The monoisotopic (exact) mass is 496 g/mol. The second kappa shape index (κ2) is 16.4. The summed E-state index contributed by atoms with van der Waals surface area (Å²) in [4.78, 5) is 46.1. The lowest BCUT2D eigenvalue weighted by Crippen LogP contribution is -2.30. The third-order valence-corrected chi connectivity index (χ3v) is 6.18. The van der Waals surface area contributed by atoms with Crippen molar-refractivity contribution in [3.8, 4) is 0 Å². The van der Waals surface area contributed by atoms with Gasteiger partial charge in [-0.25, -0.2) is 9.59 Å². The minimum absolute atomic E-state index is 0.201. The molecular weight excluding hydrogens is 444 g/mol. The van der Waals surface area contributed by atoms with Crippen molar-refractivity contribution in [1.29, 1.82) is 0 Å². The van der Waals surface area contributed by atoms with Crippen molar-refractivity contribution in [2.75, 3.05) is 0 Å². The van der Waals surface area contributed by atoms with Gasteiger partial charge in [-0.05, 0) is 105 Å². The molecule has 0 heterocycles. The smallest absolute Gasteiger partial charge is 0.298 e. The maximum atomic E-state index is 13.2. The second-order valence-electron chi connectivity index (χ2n) is 12.0. The summed E-state index contributed by atoms with van der Waals surface area (Å²) in [7, 11) is 0. The van der Waals surface area contributed by atoms with Crippen molar-refractivity contribution >= 4 is 11.9 Å². The molecule has 0 aliphatic heterocycles. The highest BCUT2D eigenvalue weighted by atomic mass is 17.2. The predicted octanol–water partition coefficient (Wildman–Crippen LogP) is 8.19. The first kappa shape index (κ1) is 31.6. The Morgan fingerprint density at radius 1 is 0.857 bits per heavy atom.